The smallest absolute Gasteiger partial charge is 0.0324 e. The van der Waals surface area contributed by atoms with Gasteiger partial charge in [0.15, 0.2) is 0 Å². The van der Waals surface area contributed by atoms with Crippen molar-refractivity contribution >= 4 is 12.4 Å². The Hall–Kier alpha value is -0.570. The Morgan fingerprint density at radius 3 is 2.18 bits per heavy atom. The average molecular weight is 255 g/mol. The number of aryl methyl sites for hydroxylation is 2. The van der Waals surface area contributed by atoms with Crippen LogP contribution in [0.4, 0.5) is 0 Å². The largest absolute Gasteiger partial charge is 0.324 e. The molecule has 2 rings (SSSR count). The van der Waals surface area contributed by atoms with Crippen LogP contribution in [0.1, 0.15) is 35.6 Å². The maximum Gasteiger partial charge on any atom is 0.0324 e. The third kappa shape index (κ3) is 3.70. The van der Waals surface area contributed by atoms with Gasteiger partial charge in [0, 0.05) is 6.04 Å². The molecule has 0 spiro atoms. The number of nitrogens with one attached hydrogen (secondary N) is 1. The molecule has 1 aliphatic heterocycles. The van der Waals surface area contributed by atoms with Gasteiger partial charge in [0.2, 0.25) is 0 Å². The maximum absolute atomic E-state index is 6.38. The fourth-order valence-electron chi connectivity index (χ4n) is 2.68. The van der Waals surface area contributed by atoms with E-state index in [4.69, 9.17) is 5.73 Å². The molecule has 1 aromatic carbocycles. The van der Waals surface area contributed by atoms with E-state index in [0.717, 1.165) is 13.1 Å². The molecule has 0 aliphatic carbocycles. The van der Waals surface area contributed by atoms with Crippen LogP contribution in [0.15, 0.2) is 18.2 Å². The van der Waals surface area contributed by atoms with Crippen LogP contribution < -0.4 is 11.1 Å². The molecule has 0 amide bonds. The summed E-state index contributed by atoms with van der Waals surface area (Å²) in [7, 11) is 0. The first-order valence-electron chi connectivity index (χ1n) is 6.21. The summed E-state index contributed by atoms with van der Waals surface area (Å²) < 4.78 is 0. The van der Waals surface area contributed by atoms with Crippen molar-refractivity contribution in [2.24, 2.45) is 11.7 Å². The molecule has 0 bridgehead atoms. The normalized spacial score (nSPS) is 18.5. The molecule has 17 heavy (non-hydrogen) atoms. The Balaban J connectivity index is 0.00000144. The summed E-state index contributed by atoms with van der Waals surface area (Å²) in [5.74, 6) is 0.641. The zero-order chi connectivity index (χ0) is 11.5. The molecule has 3 N–H and O–H groups in total. The van der Waals surface area contributed by atoms with Gasteiger partial charge in [0.25, 0.3) is 0 Å². The van der Waals surface area contributed by atoms with Crippen molar-refractivity contribution < 1.29 is 0 Å². The molecule has 0 aromatic heterocycles. The summed E-state index contributed by atoms with van der Waals surface area (Å²) in [5, 5.41) is 3.39. The van der Waals surface area contributed by atoms with E-state index in [1.807, 2.05) is 0 Å². The summed E-state index contributed by atoms with van der Waals surface area (Å²) in [6.07, 6.45) is 2.41. The van der Waals surface area contributed by atoms with Gasteiger partial charge in [-0.3, -0.25) is 0 Å². The SMILES string of the molecule is Cc1cc(C)cc([C@H](N)C2CCNCC2)c1.Cl. The Morgan fingerprint density at radius 2 is 1.65 bits per heavy atom. The molecule has 0 saturated carbocycles. The fraction of sp³-hybridized carbons (Fsp3) is 0.571. The minimum Gasteiger partial charge on any atom is -0.324 e. The summed E-state index contributed by atoms with van der Waals surface area (Å²) in [6.45, 7) is 6.52. The zero-order valence-electron chi connectivity index (χ0n) is 10.7. The molecule has 2 nitrogen and oxygen atoms in total. The molecule has 1 aliphatic rings. The lowest BCUT2D eigenvalue weighted by atomic mass is 9.85. The second-order valence-corrected chi connectivity index (χ2v) is 5.03. The molecule has 1 heterocycles. The first-order valence-corrected chi connectivity index (χ1v) is 6.21. The van der Waals surface area contributed by atoms with Crippen LogP contribution in [0.3, 0.4) is 0 Å². The Labute approximate surface area is 110 Å². The summed E-state index contributed by atoms with van der Waals surface area (Å²) in [4.78, 5) is 0. The number of rotatable bonds is 2. The highest BCUT2D eigenvalue weighted by atomic mass is 35.5. The lowest BCUT2D eigenvalue weighted by Gasteiger charge is -2.28. The predicted molar refractivity (Wildman–Crippen MR) is 75.7 cm³/mol. The number of hydrogen-bond donors (Lipinski definition) is 2. The lowest BCUT2D eigenvalue weighted by Crippen LogP contribution is -2.33. The number of benzene rings is 1. The molecule has 1 saturated heterocycles. The van der Waals surface area contributed by atoms with Crippen LogP contribution in [0, 0.1) is 19.8 Å². The van der Waals surface area contributed by atoms with Gasteiger partial charge < -0.3 is 11.1 Å². The van der Waals surface area contributed by atoms with E-state index in [1.165, 1.54) is 29.5 Å². The van der Waals surface area contributed by atoms with Gasteiger partial charge in [0.05, 0.1) is 0 Å². The molecule has 0 unspecified atom stereocenters. The third-order valence-corrected chi connectivity index (χ3v) is 3.52. The van der Waals surface area contributed by atoms with Gasteiger partial charge >= 0.3 is 0 Å². The van der Waals surface area contributed by atoms with Crippen LogP contribution in [-0.2, 0) is 0 Å². The quantitative estimate of drug-likeness (QED) is 0.852. The van der Waals surface area contributed by atoms with Crippen molar-refractivity contribution in [2.75, 3.05) is 13.1 Å². The minimum absolute atomic E-state index is 0. The molecule has 1 aromatic rings. The van der Waals surface area contributed by atoms with E-state index in [-0.39, 0.29) is 18.4 Å². The molecule has 3 heteroatoms. The van der Waals surface area contributed by atoms with Crippen LogP contribution in [-0.4, -0.2) is 13.1 Å². The first kappa shape index (κ1) is 14.5. The van der Waals surface area contributed by atoms with E-state index in [1.54, 1.807) is 0 Å². The fourth-order valence-corrected chi connectivity index (χ4v) is 2.68. The highest BCUT2D eigenvalue weighted by molar-refractivity contribution is 5.85. The van der Waals surface area contributed by atoms with Gasteiger partial charge in [-0.15, -0.1) is 12.4 Å². The van der Waals surface area contributed by atoms with Gasteiger partial charge in [-0.25, -0.2) is 0 Å². The van der Waals surface area contributed by atoms with Crippen LogP contribution in [0.2, 0.25) is 0 Å². The Kier molecular flexibility index (Phi) is 5.44. The summed E-state index contributed by atoms with van der Waals surface area (Å²) in [6, 6.07) is 6.89. The van der Waals surface area contributed by atoms with Crippen molar-refractivity contribution in [2.45, 2.75) is 32.7 Å². The monoisotopic (exact) mass is 254 g/mol. The molecule has 96 valence electrons. The van der Waals surface area contributed by atoms with Gasteiger partial charge in [0.1, 0.15) is 0 Å². The molecule has 0 radical (unpaired) electrons. The highest BCUT2D eigenvalue weighted by Crippen LogP contribution is 2.27. The standard InChI is InChI=1S/C14H22N2.ClH/c1-10-7-11(2)9-13(8-10)14(15)12-3-5-16-6-4-12;/h7-9,12,14,16H,3-6,15H2,1-2H3;1H/t14-;/m1./s1. The summed E-state index contributed by atoms with van der Waals surface area (Å²) >= 11 is 0. The van der Waals surface area contributed by atoms with E-state index in [2.05, 4.69) is 37.4 Å². The minimum atomic E-state index is 0. The number of piperidine rings is 1. The molecular weight excluding hydrogens is 232 g/mol. The highest BCUT2D eigenvalue weighted by Gasteiger charge is 2.21. The second kappa shape index (κ2) is 6.39. The van der Waals surface area contributed by atoms with Crippen molar-refractivity contribution in [3.63, 3.8) is 0 Å². The van der Waals surface area contributed by atoms with Crippen molar-refractivity contribution in [3.8, 4) is 0 Å². The van der Waals surface area contributed by atoms with Crippen molar-refractivity contribution in [3.05, 3.63) is 34.9 Å². The molecule has 1 atom stereocenters. The first-order chi connectivity index (χ1) is 7.66. The van der Waals surface area contributed by atoms with E-state index in [9.17, 15) is 0 Å². The van der Waals surface area contributed by atoms with E-state index >= 15 is 0 Å². The third-order valence-electron chi connectivity index (χ3n) is 3.52. The summed E-state index contributed by atoms with van der Waals surface area (Å²) in [5.41, 5.74) is 10.3. The van der Waals surface area contributed by atoms with E-state index in [0.29, 0.717) is 5.92 Å². The predicted octanol–water partition coefficient (Wildman–Crippen LogP) is 2.72. The number of nitrogens with two attached hydrogens (primary N) is 1. The topological polar surface area (TPSA) is 38.0 Å². The van der Waals surface area contributed by atoms with Gasteiger partial charge in [-0.05, 0) is 51.3 Å². The Morgan fingerprint density at radius 1 is 1.12 bits per heavy atom. The van der Waals surface area contributed by atoms with Crippen LogP contribution in [0.5, 0.6) is 0 Å². The zero-order valence-corrected chi connectivity index (χ0v) is 11.5. The second-order valence-electron chi connectivity index (χ2n) is 5.03. The van der Waals surface area contributed by atoms with Crippen LogP contribution in [0.25, 0.3) is 0 Å². The van der Waals surface area contributed by atoms with Crippen molar-refractivity contribution in [1.82, 2.24) is 5.32 Å². The van der Waals surface area contributed by atoms with E-state index < -0.39 is 0 Å². The average Bonchev–Trinajstić information content (AvgIpc) is 2.28. The maximum atomic E-state index is 6.38. The Bertz CT molecular complexity index is 339. The van der Waals surface area contributed by atoms with Crippen LogP contribution >= 0.6 is 12.4 Å². The van der Waals surface area contributed by atoms with Crippen molar-refractivity contribution in [1.29, 1.82) is 0 Å². The van der Waals surface area contributed by atoms with Gasteiger partial charge in [-0.1, -0.05) is 29.3 Å². The number of halogens is 1. The molecule has 1 fully saturated rings. The number of hydrogen-bond acceptors (Lipinski definition) is 2. The lowest BCUT2D eigenvalue weighted by molar-refractivity contribution is 0.322. The molecular formula is C14H23ClN2. The van der Waals surface area contributed by atoms with Gasteiger partial charge in [-0.2, -0.15) is 0 Å².